The highest BCUT2D eigenvalue weighted by Gasteiger charge is 1.99. The zero-order valence-corrected chi connectivity index (χ0v) is 13.3. The molecule has 0 saturated carbocycles. The summed E-state index contributed by atoms with van der Waals surface area (Å²) in [4.78, 5) is 14.1. The Labute approximate surface area is 113 Å². The number of hydrogen-bond donors (Lipinski definition) is 1. The predicted octanol–water partition coefficient (Wildman–Crippen LogP) is 2.20. The quantitative estimate of drug-likeness (QED) is 0.780. The molecule has 0 unspecified atom stereocenters. The first-order valence-corrected chi connectivity index (χ1v) is 5.29. The van der Waals surface area contributed by atoms with Gasteiger partial charge in [-0.2, -0.15) is 0 Å². The second kappa shape index (κ2) is 17.8. The first-order valence-electron chi connectivity index (χ1n) is 5.29. The van der Waals surface area contributed by atoms with Crippen molar-refractivity contribution in [1.82, 2.24) is 9.80 Å². The van der Waals surface area contributed by atoms with E-state index in [1.54, 1.807) is 13.0 Å². The molecule has 0 amide bonds. The number of rotatable bonds is 2. The van der Waals surface area contributed by atoms with Gasteiger partial charge in [-0.25, -0.2) is 4.79 Å². The van der Waals surface area contributed by atoms with E-state index in [0.29, 0.717) is 12.0 Å². The molecule has 0 rings (SSSR count). The molecule has 0 aliphatic carbocycles. The standard InChI is InChI=1S/C6H10O2.2C3H9N.ClH/c1-3-5(4-2)6(7)8;2*1-4(2)3;/h3H,4H2,1-2H3,(H,7,8);2*1-3H3;1H. The first-order chi connectivity index (χ1) is 7.18. The average Bonchev–Trinajstić information content (AvgIpc) is 2.03. The number of carboxylic acid groups (broad SMARTS) is 1. The van der Waals surface area contributed by atoms with E-state index in [2.05, 4.69) is 0 Å². The number of carboxylic acids is 1. The van der Waals surface area contributed by atoms with Crippen molar-refractivity contribution in [3.8, 4) is 0 Å². The summed E-state index contributed by atoms with van der Waals surface area (Å²) in [7, 11) is 12.0. The molecule has 5 heteroatoms. The maximum absolute atomic E-state index is 10.1. The highest BCUT2D eigenvalue weighted by Crippen LogP contribution is 1.97. The molecular formula is C12H29ClN2O2. The minimum Gasteiger partial charge on any atom is -0.478 e. The normalized spacial score (nSPS) is 9.65. The van der Waals surface area contributed by atoms with Crippen molar-refractivity contribution in [3.63, 3.8) is 0 Å². The fourth-order valence-corrected chi connectivity index (χ4v) is 0.479. The number of allylic oxidation sites excluding steroid dienone is 1. The van der Waals surface area contributed by atoms with E-state index < -0.39 is 5.97 Å². The molecule has 106 valence electrons. The lowest BCUT2D eigenvalue weighted by Crippen LogP contribution is -1.99. The second-order valence-electron chi connectivity index (χ2n) is 4.16. The minimum atomic E-state index is -0.810. The first kappa shape index (κ1) is 25.3. The lowest BCUT2D eigenvalue weighted by molar-refractivity contribution is -0.132. The molecule has 0 fully saturated rings. The van der Waals surface area contributed by atoms with Crippen LogP contribution in [0, 0.1) is 0 Å². The van der Waals surface area contributed by atoms with E-state index in [9.17, 15) is 4.79 Å². The van der Waals surface area contributed by atoms with Gasteiger partial charge in [-0.05, 0) is 55.6 Å². The van der Waals surface area contributed by atoms with Gasteiger partial charge >= 0.3 is 5.97 Å². The third-order valence-corrected chi connectivity index (χ3v) is 1.00. The summed E-state index contributed by atoms with van der Waals surface area (Å²) >= 11 is 0. The van der Waals surface area contributed by atoms with Crippen LogP contribution in [0.15, 0.2) is 11.6 Å². The van der Waals surface area contributed by atoms with Gasteiger partial charge in [-0.1, -0.05) is 13.0 Å². The highest BCUT2D eigenvalue weighted by atomic mass is 35.5. The third kappa shape index (κ3) is 50.4. The number of hydrogen-bond acceptors (Lipinski definition) is 3. The topological polar surface area (TPSA) is 43.8 Å². The van der Waals surface area contributed by atoms with Crippen molar-refractivity contribution in [1.29, 1.82) is 0 Å². The summed E-state index contributed by atoms with van der Waals surface area (Å²) in [6.45, 7) is 3.55. The molecule has 0 spiro atoms. The van der Waals surface area contributed by atoms with Crippen molar-refractivity contribution < 1.29 is 9.90 Å². The van der Waals surface area contributed by atoms with E-state index in [1.807, 2.05) is 59.0 Å². The van der Waals surface area contributed by atoms with Crippen LogP contribution in [-0.2, 0) is 4.79 Å². The van der Waals surface area contributed by atoms with Crippen LogP contribution in [0.3, 0.4) is 0 Å². The molecule has 0 saturated heterocycles. The Hall–Kier alpha value is -0.580. The van der Waals surface area contributed by atoms with Crippen LogP contribution in [0.5, 0.6) is 0 Å². The number of halogens is 1. The Bertz CT molecular complexity index is 181. The largest absolute Gasteiger partial charge is 0.478 e. The Morgan fingerprint density at radius 1 is 1.06 bits per heavy atom. The Morgan fingerprint density at radius 3 is 1.29 bits per heavy atom. The molecule has 0 aliphatic rings. The second-order valence-corrected chi connectivity index (χ2v) is 4.16. The van der Waals surface area contributed by atoms with Crippen molar-refractivity contribution in [2.75, 3.05) is 42.3 Å². The van der Waals surface area contributed by atoms with E-state index >= 15 is 0 Å². The zero-order chi connectivity index (χ0) is 13.7. The fourth-order valence-electron chi connectivity index (χ4n) is 0.479. The Morgan fingerprint density at radius 2 is 1.29 bits per heavy atom. The monoisotopic (exact) mass is 268 g/mol. The molecular weight excluding hydrogens is 240 g/mol. The van der Waals surface area contributed by atoms with Crippen molar-refractivity contribution in [2.24, 2.45) is 0 Å². The van der Waals surface area contributed by atoms with Gasteiger partial charge in [0.1, 0.15) is 0 Å². The van der Waals surface area contributed by atoms with Gasteiger partial charge in [0.25, 0.3) is 0 Å². The molecule has 17 heavy (non-hydrogen) atoms. The summed E-state index contributed by atoms with van der Waals surface area (Å²) in [5.74, 6) is -0.810. The SMILES string of the molecule is CC=C(CC)C(=O)O.CN(C)C.CN(C)C.Cl. The van der Waals surface area contributed by atoms with Crippen molar-refractivity contribution >= 4 is 18.4 Å². The number of aliphatic carboxylic acids is 1. The Kier molecular flexibility index (Phi) is 26.5. The summed E-state index contributed by atoms with van der Waals surface area (Å²) in [5, 5.41) is 8.30. The van der Waals surface area contributed by atoms with Crippen LogP contribution in [-0.4, -0.2) is 63.2 Å². The summed E-state index contributed by atoms with van der Waals surface area (Å²) in [6.07, 6.45) is 2.22. The maximum atomic E-state index is 10.1. The molecule has 1 N–H and O–H groups in total. The van der Waals surface area contributed by atoms with E-state index in [-0.39, 0.29) is 12.4 Å². The molecule has 0 aromatic rings. The molecule has 0 aliphatic heterocycles. The van der Waals surface area contributed by atoms with Gasteiger partial charge in [0.15, 0.2) is 0 Å². The van der Waals surface area contributed by atoms with Crippen LogP contribution in [0.1, 0.15) is 20.3 Å². The molecule has 0 radical (unpaired) electrons. The molecule has 0 aromatic heterocycles. The molecule has 4 nitrogen and oxygen atoms in total. The molecule has 0 bridgehead atoms. The minimum absolute atomic E-state index is 0. The lowest BCUT2D eigenvalue weighted by atomic mass is 10.2. The Balaban J connectivity index is -0.0000000806. The van der Waals surface area contributed by atoms with Gasteiger partial charge in [0.2, 0.25) is 0 Å². The summed E-state index contributed by atoms with van der Waals surface area (Å²) in [6, 6.07) is 0. The van der Waals surface area contributed by atoms with Crippen LogP contribution in [0.2, 0.25) is 0 Å². The van der Waals surface area contributed by atoms with Crippen molar-refractivity contribution in [3.05, 3.63) is 11.6 Å². The van der Waals surface area contributed by atoms with Gasteiger partial charge in [0.05, 0.1) is 0 Å². The maximum Gasteiger partial charge on any atom is 0.331 e. The number of nitrogens with zero attached hydrogens (tertiary/aromatic N) is 2. The van der Waals surface area contributed by atoms with Gasteiger partial charge < -0.3 is 14.9 Å². The molecule has 0 atom stereocenters. The van der Waals surface area contributed by atoms with Crippen molar-refractivity contribution in [2.45, 2.75) is 20.3 Å². The van der Waals surface area contributed by atoms with Gasteiger partial charge in [-0.3, -0.25) is 0 Å². The van der Waals surface area contributed by atoms with Crippen LogP contribution in [0.25, 0.3) is 0 Å². The third-order valence-electron chi connectivity index (χ3n) is 1.00. The highest BCUT2D eigenvalue weighted by molar-refractivity contribution is 5.86. The van der Waals surface area contributed by atoms with Crippen LogP contribution in [0.4, 0.5) is 0 Å². The summed E-state index contributed by atoms with van der Waals surface area (Å²) < 4.78 is 0. The zero-order valence-electron chi connectivity index (χ0n) is 12.4. The average molecular weight is 269 g/mol. The predicted molar refractivity (Wildman–Crippen MR) is 78.2 cm³/mol. The van der Waals surface area contributed by atoms with E-state index in [0.717, 1.165) is 0 Å². The van der Waals surface area contributed by atoms with Gasteiger partial charge in [0, 0.05) is 5.57 Å². The molecule has 0 heterocycles. The fraction of sp³-hybridized carbons (Fsp3) is 0.750. The smallest absolute Gasteiger partial charge is 0.331 e. The van der Waals surface area contributed by atoms with Gasteiger partial charge in [-0.15, -0.1) is 12.4 Å². The molecule has 0 aromatic carbocycles. The van der Waals surface area contributed by atoms with Crippen LogP contribution >= 0.6 is 12.4 Å². The van der Waals surface area contributed by atoms with E-state index in [4.69, 9.17) is 5.11 Å². The van der Waals surface area contributed by atoms with Crippen LogP contribution < -0.4 is 0 Å². The van der Waals surface area contributed by atoms with E-state index in [1.165, 1.54) is 0 Å². The number of carbonyl (C=O) groups is 1. The lowest BCUT2D eigenvalue weighted by Gasteiger charge is -1.91. The summed E-state index contributed by atoms with van der Waals surface area (Å²) in [5.41, 5.74) is 0.477.